The van der Waals surface area contributed by atoms with Crippen LogP contribution in [0.4, 0.5) is 5.82 Å². The predicted octanol–water partition coefficient (Wildman–Crippen LogP) is 5.49. The predicted molar refractivity (Wildman–Crippen MR) is 160 cm³/mol. The number of carbonyl (C=O) groups is 1. The fourth-order valence-corrected chi connectivity index (χ4v) is 7.12. The molecule has 0 radical (unpaired) electrons. The van der Waals surface area contributed by atoms with Crippen LogP contribution in [0, 0.1) is 23.2 Å². The first-order valence-electron chi connectivity index (χ1n) is 14.1. The summed E-state index contributed by atoms with van der Waals surface area (Å²) in [5.41, 5.74) is 1.89. The molecular formula is C30H40Cl2N6O. The Balaban J connectivity index is 1.24. The van der Waals surface area contributed by atoms with Gasteiger partial charge in [-0.2, -0.15) is 0 Å². The van der Waals surface area contributed by atoms with Crippen molar-refractivity contribution in [1.29, 1.82) is 0 Å². The molecule has 1 aromatic heterocycles. The number of hydrogen-bond acceptors (Lipinski definition) is 4. The first kappa shape index (κ1) is 28.2. The first-order valence-corrected chi connectivity index (χ1v) is 14.9. The van der Waals surface area contributed by atoms with E-state index in [1.807, 2.05) is 12.1 Å². The smallest absolute Gasteiger partial charge is 0.252 e. The molecule has 3 N–H and O–H groups in total. The van der Waals surface area contributed by atoms with E-state index in [0.717, 1.165) is 49.4 Å². The van der Waals surface area contributed by atoms with Crippen LogP contribution in [0.2, 0.25) is 10.0 Å². The van der Waals surface area contributed by atoms with E-state index in [0.29, 0.717) is 57.8 Å². The van der Waals surface area contributed by atoms with E-state index in [2.05, 4.69) is 53.5 Å². The summed E-state index contributed by atoms with van der Waals surface area (Å²) in [6, 6.07) is 9.77. The van der Waals surface area contributed by atoms with E-state index in [1.54, 1.807) is 24.4 Å². The maximum atomic E-state index is 12.7. The number of anilines is 1. The molecule has 39 heavy (non-hydrogen) atoms. The molecule has 1 amide bonds. The van der Waals surface area contributed by atoms with E-state index < -0.39 is 0 Å². The summed E-state index contributed by atoms with van der Waals surface area (Å²) in [5, 5.41) is 11.2. The Morgan fingerprint density at radius 2 is 2.03 bits per heavy atom. The van der Waals surface area contributed by atoms with E-state index in [4.69, 9.17) is 28.2 Å². The average Bonchev–Trinajstić information content (AvgIpc) is 2.90. The van der Waals surface area contributed by atoms with Gasteiger partial charge in [-0.15, -0.1) is 0 Å². The van der Waals surface area contributed by atoms with E-state index in [-0.39, 0.29) is 5.91 Å². The second-order valence-corrected chi connectivity index (χ2v) is 12.9. The normalized spacial score (nSPS) is 28.0. The molecule has 9 heteroatoms. The molecule has 2 heterocycles. The minimum absolute atomic E-state index is 0.165. The lowest BCUT2D eigenvalue weighted by Gasteiger charge is -2.61. The lowest BCUT2D eigenvalue weighted by molar-refractivity contribution is -0.108. The third-order valence-corrected chi connectivity index (χ3v) is 9.82. The van der Waals surface area contributed by atoms with E-state index >= 15 is 0 Å². The summed E-state index contributed by atoms with van der Waals surface area (Å²) in [5.74, 6) is 3.47. The number of aliphatic imine (C=N–C) groups is 1. The number of benzene rings is 1. The summed E-state index contributed by atoms with van der Waals surface area (Å²) in [6.45, 7) is 12.6. The van der Waals surface area contributed by atoms with Crippen LogP contribution in [-0.2, 0) is 6.42 Å². The number of hydrogen-bond donors (Lipinski definition) is 3. The van der Waals surface area contributed by atoms with Crippen LogP contribution in [-0.4, -0.2) is 60.0 Å². The third-order valence-electron chi connectivity index (χ3n) is 9.23. The number of carbonyl (C=O) groups excluding carboxylic acids is 1. The standard InChI is InChI=1S/C30H40Cl2N6O/c1-18-17-38(12-11-33-18)29(36-26-14-22-13-24(19(26)2)30(22,3)4)37-27-8-6-21(16-35-27)28(39)34-10-9-20-5-7-23(31)15-25(20)32/h5-8,15-16,18-19,22,24,26,33H,9-14,17H2,1-4H3,(H,34,39)(H,35,36,37)/t18-,19+,22-,24-,26-/m0/s1. The van der Waals surface area contributed by atoms with Crippen molar-refractivity contribution in [3.05, 3.63) is 57.7 Å². The monoisotopic (exact) mass is 570 g/mol. The lowest BCUT2D eigenvalue weighted by atomic mass is 9.45. The maximum absolute atomic E-state index is 12.7. The Bertz CT molecular complexity index is 1220. The highest BCUT2D eigenvalue weighted by molar-refractivity contribution is 6.35. The fraction of sp³-hybridized carbons (Fsp3) is 0.567. The van der Waals surface area contributed by atoms with Gasteiger partial charge >= 0.3 is 0 Å². The summed E-state index contributed by atoms with van der Waals surface area (Å²) >= 11 is 12.2. The molecule has 1 saturated heterocycles. The first-order chi connectivity index (χ1) is 18.6. The van der Waals surface area contributed by atoms with Gasteiger partial charge in [-0.25, -0.2) is 9.98 Å². The molecule has 3 saturated carbocycles. The number of guanidine groups is 1. The van der Waals surface area contributed by atoms with Gasteiger partial charge in [0.15, 0.2) is 5.96 Å². The summed E-state index contributed by atoms with van der Waals surface area (Å²) < 4.78 is 0. The summed E-state index contributed by atoms with van der Waals surface area (Å²) in [4.78, 5) is 24.9. The molecule has 210 valence electrons. The average molecular weight is 572 g/mol. The van der Waals surface area contributed by atoms with Crippen molar-refractivity contribution < 1.29 is 4.79 Å². The molecule has 4 aliphatic rings. The lowest BCUT2D eigenvalue weighted by Crippen LogP contribution is -2.57. The number of rotatable bonds is 6. The minimum atomic E-state index is -0.165. The Hall–Kier alpha value is -2.35. The van der Waals surface area contributed by atoms with Crippen LogP contribution in [0.5, 0.6) is 0 Å². The Labute approximate surface area is 242 Å². The maximum Gasteiger partial charge on any atom is 0.252 e. The fourth-order valence-electron chi connectivity index (χ4n) is 6.62. The second-order valence-electron chi connectivity index (χ2n) is 12.1. The topological polar surface area (TPSA) is 81.6 Å². The molecule has 7 nitrogen and oxygen atoms in total. The van der Waals surface area contributed by atoms with Gasteiger partial charge in [0.2, 0.25) is 0 Å². The largest absolute Gasteiger partial charge is 0.352 e. The number of nitrogens with one attached hydrogen (secondary N) is 3. The molecule has 5 atom stereocenters. The van der Waals surface area contributed by atoms with Gasteiger partial charge in [0, 0.05) is 48.5 Å². The zero-order chi connectivity index (χ0) is 27.7. The Morgan fingerprint density at radius 1 is 1.21 bits per heavy atom. The summed E-state index contributed by atoms with van der Waals surface area (Å²) in [6.07, 6.45) is 4.72. The molecule has 6 rings (SSSR count). The second kappa shape index (κ2) is 11.6. The van der Waals surface area contributed by atoms with Gasteiger partial charge in [0.1, 0.15) is 5.82 Å². The van der Waals surface area contributed by atoms with Crippen molar-refractivity contribution in [2.24, 2.45) is 28.2 Å². The molecule has 0 spiro atoms. The van der Waals surface area contributed by atoms with Gasteiger partial charge in [-0.1, -0.05) is 50.0 Å². The molecule has 4 fully saturated rings. The molecular weight excluding hydrogens is 531 g/mol. The van der Waals surface area contributed by atoms with Crippen molar-refractivity contribution in [3.63, 3.8) is 0 Å². The highest BCUT2D eigenvalue weighted by Crippen LogP contribution is 2.61. The van der Waals surface area contributed by atoms with E-state index in [9.17, 15) is 4.79 Å². The summed E-state index contributed by atoms with van der Waals surface area (Å²) in [7, 11) is 0. The SMILES string of the molecule is C[C@H]1[C@@H](N=C(Nc2ccc(C(=O)NCCc3ccc(Cl)cc3Cl)cn2)N2CCN[C@@H](C)C2)C[C@@H]2C[C@@H]1C2(C)C. The zero-order valence-electron chi connectivity index (χ0n) is 23.3. The number of piperazine rings is 1. The minimum Gasteiger partial charge on any atom is -0.352 e. The number of amides is 1. The quantitative estimate of drug-likeness (QED) is 0.316. The number of aromatic nitrogens is 1. The number of nitrogens with zero attached hydrogens (tertiary/aromatic N) is 3. The van der Waals surface area contributed by atoms with Gasteiger partial charge < -0.3 is 20.9 Å². The molecule has 2 bridgehead atoms. The van der Waals surface area contributed by atoms with Gasteiger partial charge in [0.05, 0.1) is 11.6 Å². The van der Waals surface area contributed by atoms with Gasteiger partial charge in [0.25, 0.3) is 5.91 Å². The van der Waals surface area contributed by atoms with Crippen molar-refractivity contribution in [2.45, 2.75) is 59.0 Å². The van der Waals surface area contributed by atoms with Gasteiger partial charge in [-0.3, -0.25) is 4.79 Å². The van der Waals surface area contributed by atoms with Crippen LogP contribution in [0.1, 0.15) is 56.5 Å². The zero-order valence-corrected chi connectivity index (χ0v) is 24.8. The van der Waals surface area contributed by atoms with Crippen LogP contribution in [0.15, 0.2) is 41.5 Å². The van der Waals surface area contributed by atoms with Crippen molar-refractivity contribution in [3.8, 4) is 0 Å². The number of halogens is 2. The van der Waals surface area contributed by atoms with Crippen molar-refractivity contribution >= 4 is 40.9 Å². The highest BCUT2D eigenvalue weighted by Gasteiger charge is 2.56. The van der Waals surface area contributed by atoms with Crippen LogP contribution in [0.3, 0.4) is 0 Å². The van der Waals surface area contributed by atoms with Crippen molar-refractivity contribution in [2.75, 3.05) is 31.5 Å². The van der Waals surface area contributed by atoms with Crippen LogP contribution >= 0.6 is 23.2 Å². The van der Waals surface area contributed by atoms with Crippen LogP contribution in [0.25, 0.3) is 0 Å². The van der Waals surface area contributed by atoms with Gasteiger partial charge in [-0.05, 0) is 79.2 Å². The van der Waals surface area contributed by atoms with Crippen molar-refractivity contribution in [1.82, 2.24) is 20.5 Å². The number of fused-ring (bicyclic) bond motifs is 2. The Kier molecular flexibility index (Phi) is 8.41. The van der Waals surface area contributed by atoms with E-state index in [1.165, 1.54) is 6.42 Å². The Morgan fingerprint density at radius 3 is 2.69 bits per heavy atom. The molecule has 2 aromatic rings. The highest BCUT2D eigenvalue weighted by atomic mass is 35.5. The molecule has 3 aliphatic carbocycles. The molecule has 1 aromatic carbocycles. The third kappa shape index (κ3) is 6.21. The molecule has 0 unspecified atom stereocenters. The number of pyridine rings is 1. The van der Waals surface area contributed by atoms with Crippen LogP contribution < -0.4 is 16.0 Å². The molecule has 1 aliphatic heterocycles.